The van der Waals surface area contributed by atoms with Crippen molar-refractivity contribution in [3.8, 4) is 0 Å². The number of nitrogens with zero attached hydrogens (tertiary/aromatic N) is 2. The van der Waals surface area contributed by atoms with Crippen LogP contribution in [0.25, 0.3) is 0 Å². The Morgan fingerprint density at radius 2 is 2.00 bits per heavy atom. The minimum atomic E-state index is -3.92. The average Bonchev–Trinajstić information content (AvgIpc) is 3.25. The van der Waals surface area contributed by atoms with Crippen molar-refractivity contribution in [3.05, 3.63) is 46.8 Å². The summed E-state index contributed by atoms with van der Waals surface area (Å²) in [4.78, 5) is 43.0. The molecule has 184 valence electrons. The van der Waals surface area contributed by atoms with Crippen LogP contribution >= 0.6 is 11.3 Å². The lowest BCUT2D eigenvalue weighted by molar-refractivity contribution is -0.129. The van der Waals surface area contributed by atoms with E-state index >= 15 is 0 Å². The third-order valence-electron chi connectivity index (χ3n) is 5.36. The number of carbonyl (C=O) groups is 3. The SMILES string of the molecule is CC(C)(C)C[C@H](NC(=O)c1cccs1)C(=O)N[C@H]1CCCN(S(=O)(=O)c2ccccn2)CC1=O. The van der Waals surface area contributed by atoms with E-state index in [-0.39, 0.29) is 29.4 Å². The van der Waals surface area contributed by atoms with Gasteiger partial charge in [0.1, 0.15) is 6.04 Å². The molecule has 2 aromatic rings. The molecule has 0 aliphatic carbocycles. The number of Topliss-reactive ketones (excluding diaryl/α,β-unsaturated/α-hetero) is 1. The molecule has 3 heterocycles. The number of hydrogen-bond donors (Lipinski definition) is 2. The first-order valence-electron chi connectivity index (χ1n) is 11.1. The Kier molecular flexibility index (Phi) is 8.21. The second-order valence-corrected chi connectivity index (χ2v) is 12.3. The summed E-state index contributed by atoms with van der Waals surface area (Å²) < 4.78 is 26.9. The molecule has 9 nitrogen and oxygen atoms in total. The summed E-state index contributed by atoms with van der Waals surface area (Å²) in [6.45, 7) is 5.68. The van der Waals surface area contributed by atoms with Crippen molar-refractivity contribution in [1.29, 1.82) is 0 Å². The van der Waals surface area contributed by atoms with Gasteiger partial charge < -0.3 is 10.6 Å². The largest absolute Gasteiger partial charge is 0.344 e. The number of carbonyl (C=O) groups excluding carboxylic acids is 3. The monoisotopic (exact) mass is 506 g/mol. The maximum absolute atomic E-state index is 13.1. The molecule has 1 aliphatic heterocycles. The fourth-order valence-electron chi connectivity index (χ4n) is 3.72. The molecule has 0 unspecified atom stereocenters. The molecule has 0 radical (unpaired) electrons. The molecule has 2 aromatic heterocycles. The van der Waals surface area contributed by atoms with E-state index in [0.717, 1.165) is 4.31 Å². The van der Waals surface area contributed by atoms with Crippen molar-refractivity contribution in [2.75, 3.05) is 13.1 Å². The van der Waals surface area contributed by atoms with Gasteiger partial charge in [-0.25, -0.2) is 13.4 Å². The van der Waals surface area contributed by atoms with Gasteiger partial charge in [-0.15, -0.1) is 11.3 Å². The summed E-state index contributed by atoms with van der Waals surface area (Å²) in [7, 11) is -3.92. The van der Waals surface area contributed by atoms with Crippen molar-refractivity contribution in [2.24, 2.45) is 5.41 Å². The molecule has 0 aromatic carbocycles. The van der Waals surface area contributed by atoms with Crippen molar-refractivity contribution in [1.82, 2.24) is 19.9 Å². The fraction of sp³-hybridized carbons (Fsp3) is 0.478. The Morgan fingerprint density at radius 3 is 2.62 bits per heavy atom. The van der Waals surface area contributed by atoms with Gasteiger partial charge in [-0.05, 0) is 48.3 Å². The van der Waals surface area contributed by atoms with Crippen LogP contribution in [0.3, 0.4) is 0 Å². The van der Waals surface area contributed by atoms with E-state index in [1.165, 1.54) is 23.6 Å². The number of hydrogen-bond acceptors (Lipinski definition) is 7. The highest BCUT2D eigenvalue weighted by molar-refractivity contribution is 7.89. The molecule has 1 saturated heterocycles. The van der Waals surface area contributed by atoms with E-state index in [2.05, 4.69) is 15.6 Å². The minimum Gasteiger partial charge on any atom is -0.344 e. The predicted molar refractivity (Wildman–Crippen MR) is 129 cm³/mol. The van der Waals surface area contributed by atoms with Crippen LogP contribution in [0.15, 0.2) is 46.9 Å². The van der Waals surface area contributed by atoms with Gasteiger partial charge in [0.15, 0.2) is 10.8 Å². The number of rotatable bonds is 7. The van der Waals surface area contributed by atoms with Crippen molar-refractivity contribution in [3.63, 3.8) is 0 Å². The number of pyridine rings is 1. The second kappa shape index (κ2) is 10.7. The quantitative estimate of drug-likeness (QED) is 0.593. The van der Waals surface area contributed by atoms with Gasteiger partial charge in [0, 0.05) is 12.7 Å². The van der Waals surface area contributed by atoms with Gasteiger partial charge in [-0.3, -0.25) is 14.4 Å². The topological polar surface area (TPSA) is 126 Å². The molecule has 1 aliphatic rings. The highest BCUT2D eigenvalue weighted by Gasteiger charge is 2.35. The molecule has 1 fully saturated rings. The molecule has 2 amide bonds. The zero-order chi connectivity index (χ0) is 24.9. The van der Waals surface area contributed by atoms with E-state index in [4.69, 9.17) is 0 Å². The number of thiophene rings is 1. The molecule has 2 N–H and O–H groups in total. The van der Waals surface area contributed by atoms with Crippen LogP contribution in [-0.4, -0.2) is 60.5 Å². The van der Waals surface area contributed by atoms with Crippen molar-refractivity contribution >= 4 is 39.0 Å². The van der Waals surface area contributed by atoms with Gasteiger partial charge in [0.2, 0.25) is 5.91 Å². The highest BCUT2D eigenvalue weighted by Crippen LogP contribution is 2.22. The molecule has 34 heavy (non-hydrogen) atoms. The maximum Gasteiger partial charge on any atom is 0.261 e. The molecule has 11 heteroatoms. The van der Waals surface area contributed by atoms with E-state index in [0.29, 0.717) is 24.1 Å². The van der Waals surface area contributed by atoms with Gasteiger partial charge >= 0.3 is 0 Å². The Balaban J connectivity index is 1.70. The molecular weight excluding hydrogens is 476 g/mol. The lowest BCUT2D eigenvalue weighted by Gasteiger charge is -2.27. The summed E-state index contributed by atoms with van der Waals surface area (Å²) in [5, 5.41) is 7.20. The number of ketones is 1. The molecule has 0 spiro atoms. The van der Waals surface area contributed by atoms with E-state index in [9.17, 15) is 22.8 Å². The first kappa shape index (κ1) is 26.0. The smallest absolute Gasteiger partial charge is 0.261 e. The summed E-state index contributed by atoms with van der Waals surface area (Å²) >= 11 is 1.28. The summed E-state index contributed by atoms with van der Waals surface area (Å²) in [6, 6.07) is 6.34. The Hall–Kier alpha value is -2.63. The van der Waals surface area contributed by atoms with E-state index in [1.54, 1.807) is 29.6 Å². The zero-order valence-electron chi connectivity index (χ0n) is 19.5. The second-order valence-electron chi connectivity index (χ2n) is 9.44. The molecule has 0 saturated carbocycles. The Labute approximate surface area is 204 Å². The Morgan fingerprint density at radius 1 is 1.24 bits per heavy atom. The minimum absolute atomic E-state index is 0.119. The van der Waals surface area contributed by atoms with Crippen LogP contribution in [0.2, 0.25) is 0 Å². The average molecular weight is 507 g/mol. The van der Waals surface area contributed by atoms with Crippen LogP contribution in [0.4, 0.5) is 0 Å². The van der Waals surface area contributed by atoms with Crippen LogP contribution in [0.5, 0.6) is 0 Å². The predicted octanol–water partition coefficient (Wildman–Crippen LogP) is 2.22. The molecular formula is C23H30N4O5S2. The van der Waals surface area contributed by atoms with Gasteiger partial charge in [0.25, 0.3) is 15.9 Å². The lowest BCUT2D eigenvalue weighted by atomic mass is 9.87. The number of sulfonamides is 1. The lowest BCUT2D eigenvalue weighted by Crippen LogP contribution is -2.53. The summed E-state index contributed by atoms with van der Waals surface area (Å²) in [6.07, 6.45) is 2.46. The van der Waals surface area contributed by atoms with Gasteiger partial charge in [0.05, 0.1) is 17.5 Å². The van der Waals surface area contributed by atoms with Crippen molar-refractivity contribution in [2.45, 2.75) is 57.1 Å². The molecule has 2 atom stereocenters. The third-order valence-corrected chi connectivity index (χ3v) is 7.99. The normalized spacial score (nSPS) is 18.7. The summed E-state index contributed by atoms with van der Waals surface area (Å²) in [5.74, 6) is -1.21. The van der Waals surface area contributed by atoms with Gasteiger partial charge in [-0.1, -0.05) is 32.9 Å². The van der Waals surface area contributed by atoms with Crippen LogP contribution < -0.4 is 10.6 Å². The third kappa shape index (κ3) is 6.71. The van der Waals surface area contributed by atoms with E-state index < -0.39 is 33.8 Å². The standard InChI is InChI=1S/C23H30N4O5S2/c1-23(2,3)14-17(26-22(30)19-9-7-13-33-19)21(29)25-16-8-6-12-27(15-18(16)28)34(31,32)20-10-4-5-11-24-20/h4-5,7,9-11,13,16-17H,6,8,12,14-15H2,1-3H3,(H,25,29)(H,26,30)/t16-,17-/m0/s1. The zero-order valence-corrected chi connectivity index (χ0v) is 21.1. The number of nitrogens with one attached hydrogen (secondary N) is 2. The molecule has 0 bridgehead atoms. The van der Waals surface area contributed by atoms with Crippen LogP contribution in [-0.2, 0) is 19.6 Å². The fourth-order valence-corrected chi connectivity index (χ4v) is 5.72. The van der Waals surface area contributed by atoms with E-state index in [1.807, 2.05) is 20.8 Å². The number of aromatic nitrogens is 1. The first-order chi connectivity index (χ1) is 16.0. The molecule has 3 rings (SSSR count). The first-order valence-corrected chi connectivity index (χ1v) is 13.4. The number of amides is 2. The van der Waals surface area contributed by atoms with Crippen molar-refractivity contribution < 1.29 is 22.8 Å². The van der Waals surface area contributed by atoms with Crippen LogP contribution in [0, 0.1) is 5.41 Å². The maximum atomic E-state index is 13.1. The van der Waals surface area contributed by atoms with Gasteiger partial charge in [-0.2, -0.15) is 4.31 Å². The van der Waals surface area contributed by atoms with Crippen LogP contribution in [0.1, 0.15) is 49.7 Å². The summed E-state index contributed by atoms with van der Waals surface area (Å²) in [5.41, 5.74) is -0.258. The Bertz CT molecular complexity index is 1110. The highest BCUT2D eigenvalue weighted by atomic mass is 32.2.